The molecule has 1 aromatic carbocycles. The van der Waals surface area contributed by atoms with Gasteiger partial charge in [0.05, 0.1) is 10.3 Å². The van der Waals surface area contributed by atoms with Crippen molar-refractivity contribution in [1.82, 2.24) is 10.0 Å². The second kappa shape index (κ2) is 7.53. The van der Waals surface area contributed by atoms with Crippen LogP contribution in [0.5, 0.6) is 0 Å². The van der Waals surface area contributed by atoms with Gasteiger partial charge in [0.2, 0.25) is 10.0 Å². The van der Waals surface area contributed by atoms with Crippen LogP contribution in [-0.2, 0) is 14.8 Å². The molecule has 0 aromatic heterocycles. The molecular weight excluding hydrogens is 344 g/mol. The van der Waals surface area contributed by atoms with Crippen LogP contribution in [0.3, 0.4) is 0 Å². The molecule has 1 amide bonds. The van der Waals surface area contributed by atoms with Crippen molar-refractivity contribution < 1.29 is 23.1 Å². The lowest BCUT2D eigenvalue weighted by atomic mass is 9.90. The monoisotopic (exact) mass is 368 g/mol. The van der Waals surface area contributed by atoms with Gasteiger partial charge in [-0.3, -0.25) is 9.59 Å². The Kier molecular flexibility index (Phi) is 5.84. The average molecular weight is 368 g/mol. The summed E-state index contributed by atoms with van der Waals surface area (Å²) in [6.45, 7) is 3.78. The van der Waals surface area contributed by atoms with Crippen molar-refractivity contribution in [1.29, 1.82) is 0 Å². The van der Waals surface area contributed by atoms with Crippen molar-refractivity contribution in [2.75, 3.05) is 13.1 Å². The van der Waals surface area contributed by atoms with Crippen LogP contribution in [0.1, 0.15) is 43.5 Å². The molecule has 1 aromatic rings. The molecule has 7 nitrogen and oxygen atoms in total. The smallest absolute Gasteiger partial charge is 0.309 e. The van der Waals surface area contributed by atoms with Crippen LogP contribution in [0.25, 0.3) is 0 Å². The zero-order valence-electron chi connectivity index (χ0n) is 14.4. The predicted molar refractivity (Wildman–Crippen MR) is 92.7 cm³/mol. The fraction of sp³-hybridized carbons (Fsp3) is 0.529. The number of sulfonamides is 1. The van der Waals surface area contributed by atoms with Crippen LogP contribution in [0.2, 0.25) is 0 Å². The molecule has 3 N–H and O–H groups in total. The zero-order chi connectivity index (χ0) is 18.7. The maximum atomic E-state index is 12.3. The van der Waals surface area contributed by atoms with Gasteiger partial charge in [0.15, 0.2) is 0 Å². The summed E-state index contributed by atoms with van der Waals surface area (Å²) in [4.78, 5) is 23.3. The average Bonchev–Trinajstić information content (AvgIpc) is 3.37. The molecule has 1 aliphatic carbocycles. The highest BCUT2D eigenvalue weighted by molar-refractivity contribution is 7.89. The molecular formula is C17H24N2O5S. The first kappa shape index (κ1) is 19.4. The molecule has 2 rings (SSSR count). The van der Waals surface area contributed by atoms with E-state index in [1.807, 2.05) is 0 Å². The number of rotatable bonds is 9. The molecule has 25 heavy (non-hydrogen) atoms. The van der Waals surface area contributed by atoms with Gasteiger partial charge in [-0.15, -0.1) is 0 Å². The van der Waals surface area contributed by atoms with Gasteiger partial charge >= 0.3 is 5.97 Å². The highest BCUT2D eigenvalue weighted by Crippen LogP contribution is 2.28. The molecule has 0 spiro atoms. The third-order valence-electron chi connectivity index (χ3n) is 4.28. The van der Waals surface area contributed by atoms with Gasteiger partial charge in [-0.25, -0.2) is 13.1 Å². The van der Waals surface area contributed by atoms with Crippen LogP contribution >= 0.6 is 0 Å². The Balaban J connectivity index is 1.97. The van der Waals surface area contributed by atoms with Crippen molar-refractivity contribution >= 4 is 21.9 Å². The van der Waals surface area contributed by atoms with E-state index in [0.29, 0.717) is 12.5 Å². The second-order valence-corrected chi connectivity index (χ2v) is 8.78. The van der Waals surface area contributed by atoms with E-state index in [1.165, 1.54) is 24.3 Å². The van der Waals surface area contributed by atoms with Gasteiger partial charge in [0.1, 0.15) is 0 Å². The summed E-state index contributed by atoms with van der Waals surface area (Å²) in [7, 11) is -3.63. The summed E-state index contributed by atoms with van der Waals surface area (Å²) in [6, 6.07) is 5.81. The minimum absolute atomic E-state index is 0.0478. The fourth-order valence-electron chi connectivity index (χ4n) is 2.13. The summed E-state index contributed by atoms with van der Waals surface area (Å²) in [5, 5.41) is 11.7. The Morgan fingerprint density at radius 1 is 1.28 bits per heavy atom. The fourth-order valence-corrected chi connectivity index (χ4v) is 3.30. The highest BCUT2D eigenvalue weighted by Gasteiger charge is 2.27. The normalized spacial score (nSPS) is 15.0. The van der Waals surface area contributed by atoms with E-state index in [1.54, 1.807) is 13.8 Å². The van der Waals surface area contributed by atoms with Crippen LogP contribution in [-0.4, -0.2) is 38.5 Å². The number of aliphatic carboxylic acids is 1. The lowest BCUT2D eigenvalue weighted by Gasteiger charge is -2.18. The first-order valence-corrected chi connectivity index (χ1v) is 9.71. The van der Waals surface area contributed by atoms with Gasteiger partial charge in [-0.05, 0) is 57.2 Å². The first-order chi connectivity index (χ1) is 11.6. The molecule has 0 aliphatic heterocycles. The Morgan fingerprint density at radius 2 is 1.96 bits per heavy atom. The van der Waals surface area contributed by atoms with Crippen molar-refractivity contribution in [3.63, 3.8) is 0 Å². The van der Waals surface area contributed by atoms with Gasteiger partial charge in [-0.2, -0.15) is 0 Å². The maximum Gasteiger partial charge on any atom is 0.309 e. The Morgan fingerprint density at radius 3 is 2.56 bits per heavy atom. The summed E-state index contributed by atoms with van der Waals surface area (Å²) >= 11 is 0. The molecule has 1 fully saturated rings. The van der Waals surface area contributed by atoms with Gasteiger partial charge < -0.3 is 10.4 Å². The quantitative estimate of drug-likeness (QED) is 0.613. The maximum absolute atomic E-state index is 12.3. The van der Waals surface area contributed by atoms with Gasteiger partial charge in [0, 0.05) is 18.7 Å². The van der Waals surface area contributed by atoms with Gasteiger partial charge in [-0.1, -0.05) is 6.07 Å². The molecule has 0 bridgehead atoms. The van der Waals surface area contributed by atoms with Crippen LogP contribution in [0.15, 0.2) is 29.2 Å². The third kappa shape index (κ3) is 5.54. The molecule has 0 radical (unpaired) electrons. The van der Waals surface area contributed by atoms with Crippen molar-refractivity contribution in [3.8, 4) is 0 Å². The molecule has 1 saturated carbocycles. The van der Waals surface area contributed by atoms with Crippen molar-refractivity contribution in [2.24, 2.45) is 11.3 Å². The largest absolute Gasteiger partial charge is 0.481 e. The molecule has 0 saturated heterocycles. The van der Waals surface area contributed by atoms with E-state index in [2.05, 4.69) is 10.0 Å². The lowest BCUT2D eigenvalue weighted by molar-refractivity contribution is -0.147. The van der Waals surface area contributed by atoms with Crippen LogP contribution < -0.4 is 10.0 Å². The first-order valence-electron chi connectivity index (χ1n) is 8.23. The number of carboxylic acids is 1. The molecule has 1 aliphatic rings. The minimum atomic E-state index is -3.63. The van der Waals surface area contributed by atoms with Crippen molar-refractivity contribution in [3.05, 3.63) is 29.8 Å². The van der Waals surface area contributed by atoms with Crippen LogP contribution in [0, 0.1) is 11.3 Å². The van der Waals surface area contributed by atoms with Gasteiger partial charge in [0.25, 0.3) is 5.91 Å². The van der Waals surface area contributed by atoms with E-state index < -0.39 is 27.3 Å². The highest BCUT2D eigenvalue weighted by atomic mass is 32.2. The number of nitrogens with one attached hydrogen (secondary N) is 2. The summed E-state index contributed by atoms with van der Waals surface area (Å²) in [6.07, 6.45) is 2.35. The Hall–Kier alpha value is -1.93. The minimum Gasteiger partial charge on any atom is -0.481 e. The standard InChI is InChI=1S/C17H24N2O5S/c1-17(2,16(21)22)8-9-18-15(20)13-4-3-5-14(10-13)25(23,24)19-11-12-6-7-12/h3-5,10,12,19H,6-9,11H2,1-2H3,(H,18,20)(H,21,22). The number of carboxylic acid groups (broad SMARTS) is 1. The number of hydrogen-bond donors (Lipinski definition) is 3. The molecule has 0 unspecified atom stereocenters. The summed E-state index contributed by atoms with van der Waals surface area (Å²) in [5.41, 5.74) is -0.715. The zero-order valence-corrected chi connectivity index (χ0v) is 15.2. The van der Waals surface area contributed by atoms with E-state index in [0.717, 1.165) is 12.8 Å². The summed E-state index contributed by atoms with van der Waals surface area (Å²) < 4.78 is 27.1. The van der Waals surface area contributed by atoms with E-state index in [4.69, 9.17) is 5.11 Å². The number of carbonyl (C=O) groups is 2. The van der Waals surface area contributed by atoms with Crippen molar-refractivity contribution in [2.45, 2.75) is 38.0 Å². The molecule has 0 heterocycles. The lowest BCUT2D eigenvalue weighted by Crippen LogP contribution is -2.32. The Bertz CT molecular complexity index is 754. The number of benzene rings is 1. The van der Waals surface area contributed by atoms with E-state index >= 15 is 0 Å². The topological polar surface area (TPSA) is 113 Å². The SMILES string of the molecule is CC(C)(CCNC(=O)c1cccc(S(=O)(=O)NCC2CC2)c1)C(=O)O. The predicted octanol–water partition coefficient (Wildman–Crippen LogP) is 1.61. The number of amides is 1. The third-order valence-corrected chi connectivity index (χ3v) is 5.70. The molecule has 8 heteroatoms. The van der Waals surface area contributed by atoms with E-state index in [-0.39, 0.29) is 23.4 Å². The number of carbonyl (C=O) groups excluding carboxylic acids is 1. The number of hydrogen-bond acceptors (Lipinski definition) is 4. The van der Waals surface area contributed by atoms with Crippen LogP contribution in [0.4, 0.5) is 0 Å². The summed E-state index contributed by atoms with van der Waals surface area (Å²) in [5.74, 6) is -0.948. The second-order valence-electron chi connectivity index (χ2n) is 7.02. The molecule has 138 valence electrons. The van der Waals surface area contributed by atoms with E-state index in [9.17, 15) is 18.0 Å². The molecule has 0 atom stereocenters. The Labute approximate surface area is 147 Å².